The molecule has 0 aromatic rings. The highest BCUT2D eigenvalue weighted by Gasteiger charge is 2.42. The van der Waals surface area contributed by atoms with Crippen LogP contribution in [0.25, 0.3) is 0 Å². The number of halogens is 3. The van der Waals surface area contributed by atoms with Crippen LogP contribution < -0.4 is 5.73 Å². The van der Waals surface area contributed by atoms with E-state index < -0.39 is 12.1 Å². The first-order valence-electron chi connectivity index (χ1n) is 6.63. The first kappa shape index (κ1) is 16.9. The van der Waals surface area contributed by atoms with Crippen molar-refractivity contribution in [1.82, 2.24) is 4.90 Å². The van der Waals surface area contributed by atoms with Crippen LogP contribution >= 0.6 is 12.2 Å². The summed E-state index contributed by atoms with van der Waals surface area (Å²) in [7, 11) is 0. The van der Waals surface area contributed by atoms with E-state index in [4.69, 9.17) is 5.73 Å². The van der Waals surface area contributed by atoms with E-state index in [0.717, 1.165) is 36.2 Å². The standard InChI is InChI=1S/C13H19F3N2OS/c14-13(15,16)12(19)18(9-7-11(17)20)8-6-10-4-2-1-3-5-10/h4H,1-3,5-9H2,(H2,17,20). The van der Waals surface area contributed by atoms with Gasteiger partial charge in [0.15, 0.2) is 0 Å². The van der Waals surface area contributed by atoms with Gasteiger partial charge >= 0.3 is 12.1 Å². The molecule has 0 unspecified atom stereocenters. The molecular weight excluding hydrogens is 289 g/mol. The normalized spacial score (nSPS) is 15.7. The summed E-state index contributed by atoms with van der Waals surface area (Å²) in [5, 5.41) is 0. The van der Waals surface area contributed by atoms with E-state index in [0.29, 0.717) is 6.42 Å². The van der Waals surface area contributed by atoms with Crippen molar-refractivity contribution in [2.24, 2.45) is 5.73 Å². The van der Waals surface area contributed by atoms with Crippen LogP contribution in [0.1, 0.15) is 38.5 Å². The number of nitrogens with two attached hydrogens (primary N) is 1. The number of alkyl halides is 3. The second-order valence-corrected chi connectivity index (χ2v) is 5.39. The minimum absolute atomic E-state index is 0.0623. The summed E-state index contributed by atoms with van der Waals surface area (Å²) in [5.41, 5.74) is 6.42. The minimum atomic E-state index is -4.85. The first-order valence-corrected chi connectivity index (χ1v) is 7.04. The number of allylic oxidation sites excluding steroid dienone is 1. The van der Waals surface area contributed by atoms with Crippen molar-refractivity contribution < 1.29 is 18.0 Å². The summed E-state index contributed by atoms with van der Waals surface area (Å²) < 4.78 is 37.6. The molecule has 20 heavy (non-hydrogen) atoms. The lowest BCUT2D eigenvalue weighted by molar-refractivity contribution is -0.185. The molecular formula is C13H19F3N2OS. The van der Waals surface area contributed by atoms with Gasteiger partial charge in [-0.1, -0.05) is 23.9 Å². The molecule has 0 aliphatic heterocycles. The summed E-state index contributed by atoms with van der Waals surface area (Å²) in [6, 6.07) is 0. The number of carbonyl (C=O) groups is 1. The van der Waals surface area contributed by atoms with Crippen molar-refractivity contribution in [3.63, 3.8) is 0 Å². The van der Waals surface area contributed by atoms with Crippen molar-refractivity contribution >= 4 is 23.1 Å². The highest BCUT2D eigenvalue weighted by atomic mass is 32.1. The minimum Gasteiger partial charge on any atom is -0.393 e. The van der Waals surface area contributed by atoms with Crippen LogP contribution in [0.4, 0.5) is 13.2 Å². The molecule has 114 valence electrons. The Balaban J connectivity index is 2.59. The Hall–Kier alpha value is -1.11. The lowest BCUT2D eigenvalue weighted by atomic mass is 9.97. The molecule has 1 rings (SSSR count). The molecule has 0 spiro atoms. The molecule has 0 saturated carbocycles. The number of rotatable bonds is 6. The third kappa shape index (κ3) is 5.90. The van der Waals surface area contributed by atoms with Gasteiger partial charge in [-0.3, -0.25) is 4.79 Å². The number of thiocarbonyl (C=S) groups is 1. The number of nitrogens with zero attached hydrogens (tertiary/aromatic N) is 1. The van der Waals surface area contributed by atoms with E-state index in [-0.39, 0.29) is 24.5 Å². The van der Waals surface area contributed by atoms with Crippen molar-refractivity contribution in [2.75, 3.05) is 13.1 Å². The zero-order chi connectivity index (χ0) is 15.2. The van der Waals surface area contributed by atoms with E-state index in [9.17, 15) is 18.0 Å². The van der Waals surface area contributed by atoms with Gasteiger partial charge in [-0.25, -0.2) is 0 Å². The van der Waals surface area contributed by atoms with Gasteiger partial charge in [0.05, 0.1) is 4.99 Å². The van der Waals surface area contributed by atoms with Crippen molar-refractivity contribution in [1.29, 1.82) is 0 Å². The Morgan fingerprint density at radius 3 is 2.55 bits per heavy atom. The zero-order valence-corrected chi connectivity index (χ0v) is 12.0. The summed E-state index contributed by atoms with van der Waals surface area (Å²) in [6.07, 6.45) is 1.86. The molecule has 2 N–H and O–H groups in total. The van der Waals surface area contributed by atoms with Crippen LogP contribution in [0.15, 0.2) is 11.6 Å². The summed E-state index contributed by atoms with van der Waals surface area (Å²) in [6.45, 7) is -0.0201. The van der Waals surface area contributed by atoms with Gasteiger partial charge < -0.3 is 10.6 Å². The van der Waals surface area contributed by atoms with E-state index >= 15 is 0 Å². The molecule has 0 aromatic heterocycles. The van der Waals surface area contributed by atoms with E-state index in [2.05, 4.69) is 18.3 Å². The Morgan fingerprint density at radius 2 is 2.05 bits per heavy atom. The Morgan fingerprint density at radius 1 is 1.35 bits per heavy atom. The first-order chi connectivity index (χ1) is 9.30. The molecule has 0 atom stereocenters. The molecule has 0 fully saturated rings. The highest BCUT2D eigenvalue weighted by Crippen LogP contribution is 2.23. The van der Waals surface area contributed by atoms with Gasteiger partial charge in [-0.2, -0.15) is 13.2 Å². The van der Waals surface area contributed by atoms with Gasteiger partial charge in [0.2, 0.25) is 0 Å². The van der Waals surface area contributed by atoms with Crippen LogP contribution in [-0.4, -0.2) is 35.1 Å². The number of hydrogen-bond donors (Lipinski definition) is 1. The van der Waals surface area contributed by atoms with Crippen molar-refractivity contribution in [3.8, 4) is 0 Å². The molecule has 0 bridgehead atoms. The third-order valence-electron chi connectivity index (χ3n) is 3.25. The van der Waals surface area contributed by atoms with Crippen LogP contribution in [0.5, 0.6) is 0 Å². The van der Waals surface area contributed by atoms with E-state index in [1.165, 1.54) is 0 Å². The van der Waals surface area contributed by atoms with E-state index in [1.54, 1.807) is 0 Å². The van der Waals surface area contributed by atoms with Crippen LogP contribution in [0, 0.1) is 0 Å². The second-order valence-electron chi connectivity index (χ2n) is 4.86. The SMILES string of the molecule is NC(=S)CCN(CCC1=CCCCC1)C(=O)C(F)(F)F. The maximum absolute atomic E-state index is 12.5. The van der Waals surface area contributed by atoms with Gasteiger partial charge in [0.25, 0.3) is 0 Å². The summed E-state index contributed by atoms with van der Waals surface area (Å²) in [4.78, 5) is 12.3. The zero-order valence-electron chi connectivity index (χ0n) is 11.2. The Kier molecular flexibility index (Phi) is 6.45. The molecule has 0 saturated heterocycles. The molecule has 7 heteroatoms. The molecule has 3 nitrogen and oxygen atoms in total. The molecule has 1 aliphatic rings. The predicted molar refractivity (Wildman–Crippen MR) is 75.2 cm³/mol. The molecule has 1 aliphatic carbocycles. The fourth-order valence-corrected chi connectivity index (χ4v) is 2.24. The van der Waals surface area contributed by atoms with Crippen LogP contribution in [0.3, 0.4) is 0 Å². The van der Waals surface area contributed by atoms with E-state index in [1.807, 2.05) is 0 Å². The Labute approximate surface area is 122 Å². The molecule has 1 amide bonds. The fraction of sp³-hybridized carbons (Fsp3) is 0.692. The monoisotopic (exact) mass is 308 g/mol. The Bertz CT molecular complexity index is 394. The van der Waals surface area contributed by atoms with Gasteiger partial charge in [0, 0.05) is 19.5 Å². The summed E-state index contributed by atoms with van der Waals surface area (Å²) in [5.74, 6) is -1.81. The number of amides is 1. The molecule has 0 heterocycles. The van der Waals surface area contributed by atoms with Gasteiger partial charge in [-0.05, 0) is 32.1 Å². The topological polar surface area (TPSA) is 46.3 Å². The lowest BCUT2D eigenvalue weighted by Crippen LogP contribution is -2.43. The summed E-state index contributed by atoms with van der Waals surface area (Å²) >= 11 is 4.65. The highest BCUT2D eigenvalue weighted by molar-refractivity contribution is 7.80. The largest absolute Gasteiger partial charge is 0.471 e. The van der Waals surface area contributed by atoms with Gasteiger partial charge in [0.1, 0.15) is 0 Å². The fourth-order valence-electron chi connectivity index (χ4n) is 2.15. The quantitative estimate of drug-likeness (QED) is 0.606. The third-order valence-corrected chi connectivity index (χ3v) is 3.45. The number of carbonyl (C=O) groups excluding carboxylic acids is 1. The molecule has 0 aromatic carbocycles. The maximum atomic E-state index is 12.5. The smallest absolute Gasteiger partial charge is 0.393 e. The second kappa shape index (κ2) is 7.61. The van der Waals surface area contributed by atoms with Crippen molar-refractivity contribution in [2.45, 2.75) is 44.7 Å². The lowest BCUT2D eigenvalue weighted by Gasteiger charge is -2.24. The van der Waals surface area contributed by atoms with Crippen LogP contribution in [-0.2, 0) is 4.79 Å². The predicted octanol–water partition coefficient (Wildman–Crippen LogP) is 2.94. The van der Waals surface area contributed by atoms with Crippen LogP contribution in [0.2, 0.25) is 0 Å². The number of hydrogen-bond acceptors (Lipinski definition) is 2. The average Bonchev–Trinajstić information content (AvgIpc) is 2.38. The van der Waals surface area contributed by atoms with Gasteiger partial charge in [-0.15, -0.1) is 0 Å². The maximum Gasteiger partial charge on any atom is 0.471 e. The average molecular weight is 308 g/mol. The van der Waals surface area contributed by atoms with Crippen molar-refractivity contribution in [3.05, 3.63) is 11.6 Å². The molecule has 0 radical (unpaired) electrons.